The molecule has 8 heteroatoms. The van der Waals surface area contributed by atoms with Gasteiger partial charge in [-0.2, -0.15) is 0 Å². The molecule has 7 nitrogen and oxygen atoms in total. The SMILES string of the molecule is CN(C)c1ccc(C(=O)Nc2cccc(CN3C(=O)CNC3=O)c2)cc1F. The van der Waals surface area contributed by atoms with Crippen molar-refractivity contribution in [3.05, 3.63) is 59.4 Å². The third-order valence-corrected chi connectivity index (χ3v) is 4.15. The third-order valence-electron chi connectivity index (χ3n) is 4.15. The van der Waals surface area contributed by atoms with Gasteiger partial charge in [-0.15, -0.1) is 0 Å². The lowest BCUT2D eigenvalue weighted by molar-refractivity contribution is -0.125. The van der Waals surface area contributed by atoms with Crippen LogP contribution >= 0.6 is 0 Å². The number of urea groups is 1. The summed E-state index contributed by atoms with van der Waals surface area (Å²) in [6.45, 7) is 0.101. The molecule has 3 rings (SSSR count). The van der Waals surface area contributed by atoms with Crippen molar-refractivity contribution >= 4 is 29.2 Å². The Labute approximate surface area is 155 Å². The molecule has 0 unspecified atom stereocenters. The lowest BCUT2D eigenvalue weighted by atomic mass is 10.1. The minimum atomic E-state index is -0.486. The van der Waals surface area contributed by atoms with E-state index in [4.69, 9.17) is 0 Å². The number of rotatable bonds is 5. The Morgan fingerprint density at radius 1 is 1.22 bits per heavy atom. The number of benzene rings is 2. The number of hydrogen-bond donors (Lipinski definition) is 2. The minimum absolute atomic E-state index is 0.0102. The second-order valence-electron chi connectivity index (χ2n) is 6.35. The van der Waals surface area contributed by atoms with Gasteiger partial charge in [0.25, 0.3) is 5.91 Å². The van der Waals surface area contributed by atoms with Gasteiger partial charge < -0.3 is 15.5 Å². The van der Waals surface area contributed by atoms with Gasteiger partial charge in [0.2, 0.25) is 5.91 Å². The number of nitrogens with zero attached hydrogens (tertiary/aromatic N) is 2. The Morgan fingerprint density at radius 3 is 2.63 bits per heavy atom. The fourth-order valence-corrected chi connectivity index (χ4v) is 2.76. The van der Waals surface area contributed by atoms with E-state index < -0.39 is 17.8 Å². The van der Waals surface area contributed by atoms with Crippen LogP contribution < -0.4 is 15.5 Å². The zero-order valence-corrected chi connectivity index (χ0v) is 15.0. The molecule has 2 aromatic carbocycles. The normalized spacial score (nSPS) is 13.5. The van der Waals surface area contributed by atoms with Crippen molar-refractivity contribution in [3.63, 3.8) is 0 Å². The summed E-state index contributed by atoms with van der Waals surface area (Å²) in [5.41, 5.74) is 1.76. The highest BCUT2D eigenvalue weighted by Crippen LogP contribution is 2.20. The highest BCUT2D eigenvalue weighted by molar-refractivity contribution is 6.04. The zero-order valence-electron chi connectivity index (χ0n) is 15.0. The fraction of sp³-hybridized carbons (Fsp3) is 0.211. The quantitative estimate of drug-likeness (QED) is 0.791. The van der Waals surface area contributed by atoms with Gasteiger partial charge in [-0.25, -0.2) is 9.18 Å². The molecule has 1 aliphatic rings. The number of nitrogens with one attached hydrogen (secondary N) is 2. The molecule has 27 heavy (non-hydrogen) atoms. The highest BCUT2D eigenvalue weighted by atomic mass is 19.1. The van der Waals surface area contributed by atoms with Crippen molar-refractivity contribution in [2.75, 3.05) is 30.9 Å². The molecule has 1 heterocycles. The Hall–Kier alpha value is -3.42. The maximum Gasteiger partial charge on any atom is 0.324 e. The molecular weight excluding hydrogens is 351 g/mol. The summed E-state index contributed by atoms with van der Waals surface area (Å²) in [6.07, 6.45) is 0. The average molecular weight is 370 g/mol. The molecule has 0 atom stereocenters. The Balaban J connectivity index is 1.72. The Morgan fingerprint density at radius 2 is 2.00 bits per heavy atom. The second-order valence-corrected chi connectivity index (χ2v) is 6.35. The van der Waals surface area contributed by atoms with E-state index in [1.165, 1.54) is 12.1 Å². The summed E-state index contributed by atoms with van der Waals surface area (Å²) in [5, 5.41) is 5.15. The van der Waals surface area contributed by atoms with Crippen LogP contribution in [0.25, 0.3) is 0 Å². The zero-order chi connectivity index (χ0) is 19.6. The van der Waals surface area contributed by atoms with E-state index in [-0.39, 0.29) is 24.6 Å². The average Bonchev–Trinajstić information content (AvgIpc) is 2.93. The van der Waals surface area contributed by atoms with E-state index in [1.54, 1.807) is 49.3 Å². The van der Waals surface area contributed by atoms with E-state index in [2.05, 4.69) is 10.6 Å². The molecular formula is C19H19FN4O3. The minimum Gasteiger partial charge on any atom is -0.375 e. The van der Waals surface area contributed by atoms with Crippen LogP contribution in [0, 0.1) is 5.82 Å². The molecule has 0 saturated carbocycles. The summed E-state index contributed by atoms with van der Waals surface area (Å²) < 4.78 is 14.1. The van der Waals surface area contributed by atoms with E-state index >= 15 is 0 Å². The molecule has 140 valence electrons. The van der Waals surface area contributed by atoms with Crippen LogP contribution in [0.3, 0.4) is 0 Å². The van der Waals surface area contributed by atoms with Gasteiger partial charge in [0, 0.05) is 25.3 Å². The van der Waals surface area contributed by atoms with Crippen LogP contribution in [0.1, 0.15) is 15.9 Å². The molecule has 2 aromatic rings. The first-order valence-corrected chi connectivity index (χ1v) is 8.30. The molecule has 0 aromatic heterocycles. The standard InChI is InChI=1S/C19H19FN4O3/c1-23(2)16-7-6-13(9-15(16)20)18(26)22-14-5-3-4-12(8-14)11-24-17(25)10-21-19(24)27/h3-9H,10-11H2,1-2H3,(H,21,27)(H,22,26). The monoisotopic (exact) mass is 370 g/mol. The highest BCUT2D eigenvalue weighted by Gasteiger charge is 2.28. The summed E-state index contributed by atoms with van der Waals surface area (Å²) in [6, 6.07) is 10.6. The second kappa shape index (κ2) is 7.45. The molecule has 2 N–H and O–H groups in total. The fourth-order valence-electron chi connectivity index (χ4n) is 2.76. The number of amides is 4. The van der Waals surface area contributed by atoms with Crippen molar-refractivity contribution in [3.8, 4) is 0 Å². The van der Waals surface area contributed by atoms with E-state index in [9.17, 15) is 18.8 Å². The summed E-state index contributed by atoms with van der Waals surface area (Å²) in [5.74, 6) is -1.24. The number of anilines is 2. The first kappa shape index (κ1) is 18.4. The molecule has 0 aliphatic carbocycles. The maximum atomic E-state index is 14.1. The Kier molecular flexibility index (Phi) is 5.07. The van der Waals surface area contributed by atoms with E-state index in [0.29, 0.717) is 16.9 Å². The summed E-state index contributed by atoms with van der Waals surface area (Å²) in [4.78, 5) is 38.4. The molecule has 0 bridgehead atoms. The molecule has 0 spiro atoms. The van der Waals surface area contributed by atoms with Gasteiger partial charge in [-0.3, -0.25) is 14.5 Å². The van der Waals surface area contributed by atoms with Gasteiger partial charge in [0.15, 0.2) is 0 Å². The topological polar surface area (TPSA) is 81.8 Å². The van der Waals surface area contributed by atoms with Crippen LogP contribution in [0.4, 0.5) is 20.6 Å². The Bertz CT molecular complexity index is 898. The first-order chi connectivity index (χ1) is 12.8. The van der Waals surface area contributed by atoms with Crippen molar-refractivity contribution in [1.29, 1.82) is 0 Å². The predicted octanol–water partition coefficient (Wildman–Crippen LogP) is 2.20. The number of imide groups is 1. The number of carbonyl (C=O) groups is 3. The molecule has 4 amide bonds. The van der Waals surface area contributed by atoms with Crippen LogP contribution in [0.2, 0.25) is 0 Å². The van der Waals surface area contributed by atoms with Crippen molar-refractivity contribution < 1.29 is 18.8 Å². The maximum absolute atomic E-state index is 14.1. The van der Waals surface area contributed by atoms with Crippen molar-refractivity contribution in [1.82, 2.24) is 10.2 Å². The molecule has 1 saturated heterocycles. The van der Waals surface area contributed by atoms with Crippen molar-refractivity contribution in [2.24, 2.45) is 0 Å². The third kappa shape index (κ3) is 4.05. The summed E-state index contributed by atoms with van der Waals surface area (Å²) >= 11 is 0. The smallest absolute Gasteiger partial charge is 0.324 e. The molecule has 1 aliphatic heterocycles. The van der Waals surface area contributed by atoms with E-state index in [1.807, 2.05) is 0 Å². The van der Waals surface area contributed by atoms with Gasteiger partial charge in [0.1, 0.15) is 5.82 Å². The lowest BCUT2D eigenvalue weighted by Gasteiger charge is -2.15. The number of halogens is 1. The van der Waals surface area contributed by atoms with Crippen LogP contribution in [-0.4, -0.2) is 43.4 Å². The van der Waals surface area contributed by atoms with Gasteiger partial charge in [0.05, 0.1) is 18.8 Å². The van der Waals surface area contributed by atoms with E-state index in [0.717, 1.165) is 4.90 Å². The van der Waals surface area contributed by atoms with Gasteiger partial charge in [-0.05, 0) is 35.9 Å². The molecule has 1 fully saturated rings. The predicted molar refractivity (Wildman–Crippen MR) is 99.1 cm³/mol. The largest absolute Gasteiger partial charge is 0.375 e. The number of carbonyl (C=O) groups excluding carboxylic acids is 3. The lowest BCUT2D eigenvalue weighted by Crippen LogP contribution is -2.30. The van der Waals surface area contributed by atoms with Crippen LogP contribution in [-0.2, 0) is 11.3 Å². The van der Waals surface area contributed by atoms with Crippen LogP contribution in [0.15, 0.2) is 42.5 Å². The van der Waals surface area contributed by atoms with Gasteiger partial charge in [-0.1, -0.05) is 12.1 Å². The van der Waals surface area contributed by atoms with Gasteiger partial charge >= 0.3 is 6.03 Å². The van der Waals surface area contributed by atoms with Crippen LogP contribution in [0.5, 0.6) is 0 Å². The molecule has 0 radical (unpaired) electrons. The first-order valence-electron chi connectivity index (χ1n) is 8.30. The van der Waals surface area contributed by atoms with Crippen molar-refractivity contribution in [2.45, 2.75) is 6.54 Å². The number of hydrogen-bond acceptors (Lipinski definition) is 4. The summed E-state index contributed by atoms with van der Waals surface area (Å²) in [7, 11) is 3.43.